The quantitative estimate of drug-likeness (QED) is 0.824. The molecular formula is C14H25NOS. The Morgan fingerprint density at radius 1 is 1.18 bits per heavy atom. The SMILES string of the molecule is NC(C1CCSC1)C1CCOC2(CCCC2)C1. The summed E-state index contributed by atoms with van der Waals surface area (Å²) in [4.78, 5) is 0. The summed E-state index contributed by atoms with van der Waals surface area (Å²) in [6.45, 7) is 0.957. The summed E-state index contributed by atoms with van der Waals surface area (Å²) in [5.74, 6) is 4.13. The molecular weight excluding hydrogens is 230 g/mol. The third kappa shape index (κ3) is 2.52. The summed E-state index contributed by atoms with van der Waals surface area (Å²) >= 11 is 2.09. The molecule has 0 radical (unpaired) electrons. The summed E-state index contributed by atoms with van der Waals surface area (Å²) in [6.07, 6.45) is 9.09. The molecule has 3 fully saturated rings. The molecule has 0 aromatic rings. The van der Waals surface area contributed by atoms with Crippen LogP contribution in [0.4, 0.5) is 0 Å². The van der Waals surface area contributed by atoms with Gasteiger partial charge in [0.25, 0.3) is 0 Å². The van der Waals surface area contributed by atoms with Crippen molar-refractivity contribution in [3.63, 3.8) is 0 Å². The lowest BCUT2D eigenvalue weighted by atomic mass is 9.77. The van der Waals surface area contributed by atoms with Crippen LogP contribution in [0.5, 0.6) is 0 Å². The van der Waals surface area contributed by atoms with Crippen LogP contribution in [0.2, 0.25) is 0 Å². The molecule has 0 bridgehead atoms. The third-order valence-corrected chi connectivity index (χ3v) is 6.29. The molecule has 0 amide bonds. The van der Waals surface area contributed by atoms with Gasteiger partial charge in [-0.2, -0.15) is 11.8 Å². The first kappa shape index (κ1) is 12.3. The highest BCUT2D eigenvalue weighted by molar-refractivity contribution is 7.99. The van der Waals surface area contributed by atoms with Gasteiger partial charge in [-0.25, -0.2) is 0 Å². The molecule has 2 aliphatic heterocycles. The van der Waals surface area contributed by atoms with Gasteiger partial charge in [-0.1, -0.05) is 12.8 Å². The van der Waals surface area contributed by atoms with Crippen molar-refractivity contribution in [3.8, 4) is 0 Å². The van der Waals surface area contributed by atoms with Crippen molar-refractivity contribution in [1.82, 2.24) is 0 Å². The maximum atomic E-state index is 6.54. The molecule has 0 aromatic heterocycles. The first-order valence-electron chi connectivity index (χ1n) is 7.26. The largest absolute Gasteiger partial charge is 0.375 e. The predicted molar refractivity (Wildman–Crippen MR) is 73.3 cm³/mol. The Morgan fingerprint density at radius 2 is 2.00 bits per heavy atom. The van der Waals surface area contributed by atoms with Crippen LogP contribution in [-0.2, 0) is 4.74 Å². The topological polar surface area (TPSA) is 35.2 Å². The standard InChI is InChI=1S/C14H25NOS/c15-13(12-4-8-17-10-12)11-3-7-16-14(9-11)5-1-2-6-14/h11-13H,1-10,15H2. The van der Waals surface area contributed by atoms with Gasteiger partial charge < -0.3 is 10.5 Å². The fourth-order valence-electron chi connectivity index (χ4n) is 4.00. The number of hydrogen-bond acceptors (Lipinski definition) is 3. The molecule has 1 aliphatic carbocycles. The molecule has 0 aromatic carbocycles. The summed E-state index contributed by atoms with van der Waals surface area (Å²) in [5, 5.41) is 0. The third-order valence-electron chi connectivity index (χ3n) is 5.10. The molecule has 3 heteroatoms. The lowest BCUT2D eigenvalue weighted by molar-refractivity contribution is -0.0982. The van der Waals surface area contributed by atoms with Crippen molar-refractivity contribution in [2.75, 3.05) is 18.1 Å². The highest BCUT2D eigenvalue weighted by Crippen LogP contribution is 2.44. The van der Waals surface area contributed by atoms with Crippen molar-refractivity contribution in [1.29, 1.82) is 0 Å². The summed E-state index contributed by atoms with van der Waals surface area (Å²) in [7, 11) is 0. The Hall–Kier alpha value is 0.270. The van der Waals surface area contributed by atoms with E-state index in [0.717, 1.165) is 18.4 Å². The zero-order valence-corrected chi connectivity index (χ0v) is 11.5. The highest BCUT2D eigenvalue weighted by Gasteiger charge is 2.42. The van der Waals surface area contributed by atoms with E-state index in [0.29, 0.717) is 6.04 Å². The predicted octanol–water partition coefficient (Wildman–Crippen LogP) is 2.81. The van der Waals surface area contributed by atoms with Gasteiger partial charge in [-0.15, -0.1) is 0 Å². The summed E-state index contributed by atoms with van der Waals surface area (Å²) in [6, 6.07) is 0.436. The van der Waals surface area contributed by atoms with Gasteiger partial charge in [0, 0.05) is 12.6 Å². The van der Waals surface area contributed by atoms with Crippen LogP contribution in [0.25, 0.3) is 0 Å². The van der Waals surface area contributed by atoms with E-state index in [1.165, 1.54) is 56.5 Å². The van der Waals surface area contributed by atoms with Gasteiger partial charge >= 0.3 is 0 Å². The number of ether oxygens (including phenoxy) is 1. The van der Waals surface area contributed by atoms with Gasteiger partial charge in [0.2, 0.25) is 0 Å². The van der Waals surface area contributed by atoms with Gasteiger partial charge in [0.15, 0.2) is 0 Å². The van der Waals surface area contributed by atoms with Crippen molar-refractivity contribution < 1.29 is 4.74 Å². The van der Waals surface area contributed by atoms with E-state index in [9.17, 15) is 0 Å². The van der Waals surface area contributed by atoms with E-state index >= 15 is 0 Å². The molecule has 2 heterocycles. The minimum absolute atomic E-state index is 0.242. The van der Waals surface area contributed by atoms with Crippen molar-refractivity contribution in [2.24, 2.45) is 17.6 Å². The highest BCUT2D eigenvalue weighted by atomic mass is 32.2. The van der Waals surface area contributed by atoms with Gasteiger partial charge in [-0.05, 0) is 55.4 Å². The fourth-order valence-corrected chi connectivity index (χ4v) is 5.33. The van der Waals surface area contributed by atoms with E-state index in [2.05, 4.69) is 11.8 Å². The van der Waals surface area contributed by atoms with Gasteiger partial charge in [0.05, 0.1) is 5.60 Å². The second-order valence-corrected chi connectivity index (χ2v) is 7.34. The Kier molecular flexibility index (Phi) is 3.69. The lowest BCUT2D eigenvalue weighted by Crippen LogP contribution is -2.46. The first-order valence-corrected chi connectivity index (χ1v) is 8.42. The monoisotopic (exact) mass is 255 g/mol. The molecule has 1 spiro atoms. The first-order chi connectivity index (χ1) is 8.29. The lowest BCUT2D eigenvalue weighted by Gasteiger charge is -2.41. The van der Waals surface area contributed by atoms with Crippen LogP contribution in [-0.4, -0.2) is 29.8 Å². The second kappa shape index (κ2) is 5.10. The van der Waals surface area contributed by atoms with E-state index in [1.807, 2.05) is 0 Å². The molecule has 3 unspecified atom stereocenters. The minimum Gasteiger partial charge on any atom is -0.375 e. The molecule has 2 N–H and O–H groups in total. The van der Waals surface area contributed by atoms with Crippen molar-refractivity contribution in [3.05, 3.63) is 0 Å². The normalized spacial score (nSPS) is 38.6. The molecule has 98 valence electrons. The van der Waals surface area contributed by atoms with Crippen LogP contribution in [0, 0.1) is 11.8 Å². The Morgan fingerprint density at radius 3 is 2.71 bits per heavy atom. The average molecular weight is 255 g/mol. The minimum atomic E-state index is 0.242. The van der Waals surface area contributed by atoms with Crippen LogP contribution in [0.1, 0.15) is 44.9 Å². The number of rotatable bonds is 2. The number of thioether (sulfide) groups is 1. The summed E-state index contributed by atoms with van der Waals surface area (Å²) in [5.41, 5.74) is 6.78. The van der Waals surface area contributed by atoms with E-state index in [4.69, 9.17) is 10.5 Å². The molecule has 3 aliphatic rings. The van der Waals surface area contributed by atoms with Crippen LogP contribution in [0.3, 0.4) is 0 Å². The van der Waals surface area contributed by atoms with Crippen molar-refractivity contribution in [2.45, 2.75) is 56.6 Å². The average Bonchev–Trinajstić information content (AvgIpc) is 3.00. The van der Waals surface area contributed by atoms with E-state index < -0.39 is 0 Å². The zero-order chi connectivity index (χ0) is 11.7. The van der Waals surface area contributed by atoms with Crippen LogP contribution in [0.15, 0.2) is 0 Å². The Balaban J connectivity index is 1.62. The maximum Gasteiger partial charge on any atom is 0.0685 e. The molecule has 17 heavy (non-hydrogen) atoms. The maximum absolute atomic E-state index is 6.54. The summed E-state index contributed by atoms with van der Waals surface area (Å²) < 4.78 is 6.11. The second-order valence-electron chi connectivity index (χ2n) is 6.19. The number of nitrogens with two attached hydrogens (primary N) is 1. The molecule has 3 rings (SSSR count). The van der Waals surface area contributed by atoms with Crippen LogP contribution < -0.4 is 5.73 Å². The molecule has 2 nitrogen and oxygen atoms in total. The Labute approximate surface area is 109 Å². The van der Waals surface area contributed by atoms with Crippen molar-refractivity contribution >= 4 is 11.8 Å². The van der Waals surface area contributed by atoms with Gasteiger partial charge in [-0.3, -0.25) is 0 Å². The van der Waals surface area contributed by atoms with E-state index in [1.54, 1.807) is 0 Å². The Bertz CT molecular complexity index is 259. The van der Waals surface area contributed by atoms with Gasteiger partial charge in [0.1, 0.15) is 0 Å². The molecule has 3 atom stereocenters. The van der Waals surface area contributed by atoms with E-state index in [-0.39, 0.29) is 5.60 Å². The van der Waals surface area contributed by atoms with Crippen LogP contribution >= 0.6 is 11.8 Å². The zero-order valence-electron chi connectivity index (χ0n) is 10.7. The molecule has 1 saturated carbocycles. The number of hydrogen-bond donors (Lipinski definition) is 1. The smallest absolute Gasteiger partial charge is 0.0685 e. The molecule has 2 saturated heterocycles. The fraction of sp³-hybridized carbons (Fsp3) is 1.00.